The number of aromatic nitrogens is 1. The molecule has 0 saturated heterocycles. The Kier molecular flexibility index (Phi) is 2.64. The fourth-order valence-corrected chi connectivity index (χ4v) is 3.04. The van der Waals surface area contributed by atoms with Crippen LogP contribution in [-0.2, 0) is 6.61 Å². The van der Waals surface area contributed by atoms with Crippen LogP contribution in [0, 0.1) is 5.92 Å². The molecule has 2 aliphatic rings. The summed E-state index contributed by atoms with van der Waals surface area (Å²) in [5.74, 6) is 1.53. The molecule has 0 aromatic carbocycles. The smallest absolute Gasteiger partial charge is 0.185 e. The molecule has 1 aromatic rings. The molecule has 2 saturated carbocycles. The minimum absolute atomic E-state index is 0.154. The van der Waals surface area contributed by atoms with Gasteiger partial charge in [-0.25, -0.2) is 4.98 Å². The molecular weight excluding hydrogens is 220 g/mol. The molecule has 0 bridgehead atoms. The summed E-state index contributed by atoms with van der Waals surface area (Å²) in [5, 5.41) is 10.4. The van der Waals surface area contributed by atoms with Gasteiger partial charge in [0.1, 0.15) is 0 Å². The molecule has 4 heteroatoms. The molecule has 1 N–H and O–H groups in total. The van der Waals surface area contributed by atoms with E-state index in [0.29, 0.717) is 5.92 Å². The van der Waals surface area contributed by atoms with E-state index in [4.69, 9.17) is 4.98 Å². The molecule has 0 unspecified atom stereocenters. The van der Waals surface area contributed by atoms with Crippen molar-refractivity contribution < 1.29 is 5.11 Å². The second-order valence-electron chi connectivity index (χ2n) is 5.06. The molecule has 3 rings (SSSR count). The van der Waals surface area contributed by atoms with Gasteiger partial charge >= 0.3 is 0 Å². The number of hydrogen-bond acceptors (Lipinski definition) is 4. The standard InChI is InChI=1S/C12H18N2OS/c1-14(6-8-2-3-8)12-13-11(9-4-5-9)10(7-15)16-12/h8-9,15H,2-7H2,1H3. The second kappa shape index (κ2) is 4.00. The lowest BCUT2D eigenvalue weighted by molar-refractivity contribution is 0.284. The van der Waals surface area contributed by atoms with Gasteiger partial charge in [0.2, 0.25) is 0 Å². The Bertz CT molecular complexity index is 382. The molecule has 2 aliphatic carbocycles. The Labute approximate surface area is 100 Å². The minimum Gasteiger partial charge on any atom is -0.391 e. The Hall–Kier alpha value is -0.610. The summed E-state index contributed by atoms with van der Waals surface area (Å²) in [5.41, 5.74) is 1.17. The number of aliphatic hydroxyl groups is 1. The Morgan fingerprint density at radius 1 is 1.38 bits per heavy atom. The highest BCUT2D eigenvalue weighted by Crippen LogP contribution is 2.44. The van der Waals surface area contributed by atoms with Gasteiger partial charge in [-0.1, -0.05) is 11.3 Å². The maximum atomic E-state index is 9.34. The van der Waals surface area contributed by atoms with Gasteiger partial charge in [-0.15, -0.1) is 0 Å². The van der Waals surface area contributed by atoms with Crippen molar-refractivity contribution >= 4 is 16.5 Å². The van der Waals surface area contributed by atoms with E-state index in [1.54, 1.807) is 11.3 Å². The van der Waals surface area contributed by atoms with E-state index in [9.17, 15) is 5.11 Å². The number of aliphatic hydroxyl groups excluding tert-OH is 1. The Morgan fingerprint density at radius 2 is 2.12 bits per heavy atom. The van der Waals surface area contributed by atoms with E-state index < -0.39 is 0 Å². The van der Waals surface area contributed by atoms with Gasteiger partial charge in [-0.2, -0.15) is 0 Å². The van der Waals surface area contributed by atoms with Crippen LogP contribution in [0.5, 0.6) is 0 Å². The van der Waals surface area contributed by atoms with Crippen LogP contribution in [0.25, 0.3) is 0 Å². The fourth-order valence-electron chi connectivity index (χ4n) is 2.07. The van der Waals surface area contributed by atoms with Crippen molar-refractivity contribution in [1.82, 2.24) is 4.98 Å². The van der Waals surface area contributed by atoms with E-state index in [1.807, 2.05) is 0 Å². The summed E-state index contributed by atoms with van der Waals surface area (Å²) in [4.78, 5) is 8.05. The second-order valence-corrected chi connectivity index (χ2v) is 6.12. The largest absolute Gasteiger partial charge is 0.391 e. The van der Waals surface area contributed by atoms with Crippen LogP contribution in [0.1, 0.15) is 42.2 Å². The minimum atomic E-state index is 0.154. The maximum Gasteiger partial charge on any atom is 0.185 e. The van der Waals surface area contributed by atoms with Crippen molar-refractivity contribution in [2.75, 3.05) is 18.5 Å². The summed E-state index contributed by atoms with van der Waals surface area (Å²) < 4.78 is 0. The third-order valence-corrected chi connectivity index (χ3v) is 4.55. The first-order valence-electron chi connectivity index (χ1n) is 6.09. The molecule has 0 atom stereocenters. The predicted molar refractivity (Wildman–Crippen MR) is 66.0 cm³/mol. The number of anilines is 1. The maximum absolute atomic E-state index is 9.34. The monoisotopic (exact) mass is 238 g/mol. The molecule has 0 amide bonds. The summed E-state index contributed by atoms with van der Waals surface area (Å²) in [6, 6.07) is 0. The van der Waals surface area contributed by atoms with Gasteiger partial charge in [0.05, 0.1) is 17.2 Å². The highest BCUT2D eigenvalue weighted by Gasteiger charge is 2.30. The quantitative estimate of drug-likeness (QED) is 0.855. The number of hydrogen-bond donors (Lipinski definition) is 1. The van der Waals surface area contributed by atoms with Crippen molar-refractivity contribution in [3.05, 3.63) is 10.6 Å². The summed E-state index contributed by atoms with van der Waals surface area (Å²) in [7, 11) is 2.12. The lowest BCUT2D eigenvalue weighted by Crippen LogP contribution is -2.19. The molecule has 0 aliphatic heterocycles. The van der Waals surface area contributed by atoms with E-state index in [-0.39, 0.29) is 6.61 Å². The van der Waals surface area contributed by atoms with Crippen molar-refractivity contribution in [3.63, 3.8) is 0 Å². The van der Waals surface area contributed by atoms with Crippen LogP contribution in [0.15, 0.2) is 0 Å². The van der Waals surface area contributed by atoms with Crippen LogP contribution in [0.2, 0.25) is 0 Å². The molecule has 1 heterocycles. The SMILES string of the molecule is CN(CC1CC1)c1nc(C2CC2)c(CO)s1. The first kappa shape index (κ1) is 10.5. The zero-order valence-electron chi connectivity index (χ0n) is 9.65. The van der Waals surface area contributed by atoms with Crippen LogP contribution in [0.3, 0.4) is 0 Å². The Morgan fingerprint density at radius 3 is 2.69 bits per heavy atom. The van der Waals surface area contributed by atoms with Gasteiger partial charge in [-0.3, -0.25) is 0 Å². The summed E-state index contributed by atoms with van der Waals surface area (Å²) >= 11 is 1.67. The van der Waals surface area contributed by atoms with Gasteiger partial charge in [-0.05, 0) is 31.6 Å². The number of rotatable bonds is 5. The number of thiazole rings is 1. The lowest BCUT2D eigenvalue weighted by atomic mass is 10.2. The third kappa shape index (κ3) is 2.09. The Balaban J connectivity index is 1.77. The zero-order valence-corrected chi connectivity index (χ0v) is 10.5. The summed E-state index contributed by atoms with van der Waals surface area (Å²) in [6.45, 7) is 1.28. The van der Waals surface area contributed by atoms with Crippen LogP contribution >= 0.6 is 11.3 Å². The first-order valence-corrected chi connectivity index (χ1v) is 6.91. The predicted octanol–water partition coefficient (Wildman–Crippen LogP) is 2.36. The lowest BCUT2D eigenvalue weighted by Gasteiger charge is -2.14. The van der Waals surface area contributed by atoms with Crippen molar-refractivity contribution in [3.8, 4) is 0 Å². The van der Waals surface area contributed by atoms with E-state index in [2.05, 4.69) is 11.9 Å². The van der Waals surface area contributed by atoms with Gasteiger partial charge in [0.15, 0.2) is 5.13 Å². The highest BCUT2D eigenvalue weighted by molar-refractivity contribution is 7.15. The molecule has 1 aromatic heterocycles. The van der Waals surface area contributed by atoms with E-state index in [1.165, 1.54) is 31.4 Å². The average Bonchev–Trinajstić information content (AvgIpc) is 3.18. The molecular formula is C12H18N2OS. The molecule has 3 nitrogen and oxygen atoms in total. The first-order chi connectivity index (χ1) is 7.78. The molecule has 88 valence electrons. The van der Waals surface area contributed by atoms with Crippen molar-refractivity contribution in [2.24, 2.45) is 5.92 Å². The normalized spacial score (nSPS) is 20.1. The van der Waals surface area contributed by atoms with E-state index >= 15 is 0 Å². The number of nitrogens with zero attached hydrogens (tertiary/aromatic N) is 2. The zero-order chi connectivity index (χ0) is 11.1. The highest BCUT2D eigenvalue weighted by atomic mass is 32.1. The molecule has 2 fully saturated rings. The van der Waals surface area contributed by atoms with Crippen molar-refractivity contribution in [1.29, 1.82) is 0 Å². The van der Waals surface area contributed by atoms with Gasteiger partial charge in [0, 0.05) is 19.5 Å². The van der Waals surface area contributed by atoms with Gasteiger partial charge < -0.3 is 10.0 Å². The summed E-state index contributed by atoms with van der Waals surface area (Å²) in [6.07, 6.45) is 5.25. The molecule has 0 spiro atoms. The topological polar surface area (TPSA) is 36.4 Å². The molecule has 0 radical (unpaired) electrons. The van der Waals surface area contributed by atoms with Crippen molar-refractivity contribution in [2.45, 2.75) is 38.2 Å². The van der Waals surface area contributed by atoms with Crippen LogP contribution in [-0.4, -0.2) is 23.7 Å². The fraction of sp³-hybridized carbons (Fsp3) is 0.750. The molecule has 16 heavy (non-hydrogen) atoms. The third-order valence-electron chi connectivity index (χ3n) is 3.38. The van der Waals surface area contributed by atoms with Crippen LogP contribution in [0.4, 0.5) is 5.13 Å². The van der Waals surface area contributed by atoms with E-state index in [0.717, 1.165) is 22.5 Å². The van der Waals surface area contributed by atoms with Crippen LogP contribution < -0.4 is 4.90 Å². The van der Waals surface area contributed by atoms with Gasteiger partial charge in [0.25, 0.3) is 0 Å². The average molecular weight is 238 g/mol.